The highest BCUT2D eigenvalue weighted by molar-refractivity contribution is 6.32. The van der Waals surface area contributed by atoms with Crippen LogP contribution < -0.4 is 14.8 Å². The number of benzene rings is 2. The first-order valence-corrected chi connectivity index (χ1v) is 9.58. The summed E-state index contributed by atoms with van der Waals surface area (Å²) >= 11 is 6.21. The second kappa shape index (κ2) is 8.08. The van der Waals surface area contributed by atoms with Gasteiger partial charge in [-0.15, -0.1) is 5.10 Å². The molecule has 0 saturated heterocycles. The summed E-state index contributed by atoms with van der Waals surface area (Å²) in [7, 11) is 5.02. The quantitative estimate of drug-likeness (QED) is 0.494. The molecule has 4 aromatic rings. The average molecular weight is 425 g/mol. The first-order chi connectivity index (χ1) is 14.5. The minimum Gasteiger partial charge on any atom is -0.495 e. The highest BCUT2D eigenvalue weighted by atomic mass is 35.5. The van der Waals surface area contributed by atoms with E-state index in [2.05, 4.69) is 20.4 Å². The summed E-state index contributed by atoms with van der Waals surface area (Å²) < 4.78 is 14.6. The van der Waals surface area contributed by atoms with E-state index in [1.54, 1.807) is 31.3 Å². The molecule has 154 valence electrons. The summed E-state index contributed by atoms with van der Waals surface area (Å²) in [5, 5.41) is 8.27. The Hall–Kier alpha value is -3.52. The number of para-hydroxylation sites is 1. The van der Waals surface area contributed by atoms with Crippen LogP contribution in [0, 0.1) is 6.92 Å². The van der Waals surface area contributed by atoms with Crippen molar-refractivity contribution in [3.63, 3.8) is 0 Å². The van der Waals surface area contributed by atoms with E-state index in [1.165, 1.54) is 0 Å². The lowest BCUT2D eigenvalue weighted by atomic mass is 10.1. The fourth-order valence-electron chi connectivity index (χ4n) is 3.13. The van der Waals surface area contributed by atoms with Crippen molar-refractivity contribution in [3.8, 4) is 28.6 Å². The average Bonchev–Trinajstić information content (AvgIpc) is 3.33. The van der Waals surface area contributed by atoms with E-state index in [1.807, 2.05) is 55.1 Å². The fourth-order valence-corrected chi connectivity index (χ4v) is 3.39. The van der Waals surface area contributed by atoms with Gasteiger partial charge >= 0.3 is 0 Å². The number of rotatable bonds is 6. The number of nitrogens with one attached hydrogen (secondary N) is 1. The van der Waals surface area contributed by atoms with Crippen LogP contribution in [0.2, 0.25) is 5.02 Å². The molecule has 30 heavy (non-hydrogen) atoms. The number of aryl methyl sites for hydroxylation is 2. The first-order valence-electron chi connectivity index (χ1n) is 9.20. The zero-order valence-electron chi connectivity index (χ0n) is 17.0. The number of methoxy groups -OCH3 is 2. The molecule has 2 aromatic heterocycles. The van der Waals surface area contributed by atoms with Crippen LogP contribution in [0.4, 0.5) is 11.6 Å². The van der Waals surface area contributed by atoms with Crippen LogP contribution in [-0.2, 0) is 7.05 Å². The lowest BCUT2D eigenvalue weighted by Gasteiger charge is -2.11. The van der Waals surface area contributed by atoms with Gasteiger partial charge in [-0.25, -0.2) is 9.67 Å². The summed E-state index contributed by atoms with van der Waals surface area (Å²) in [5.41, 5.74) is 3.35. The number of ether oxygens (including phenoxy) is 2. The molecule has 0 atom stereocenters. The number of hydrogen-bond acceptors (Lipinski definition) is 6. The summed E-state index contributed by atoms with van der Waals surface area (Å²) in [5.74, 6) is 2.36. The van der Waals surface area contributed by atoms with Crippen LogP contribution in [0.3, 0.4) is 0 Å². The predicted octanol–water partition coefficient (Wildman–Crippen LogP) is 4.39. The Balaban J connectivity index is 1.67. The molecule has 0 saturated carbocycles. The Labute approximate surface area is 179 Å². The third-order valence-corrected chi connectivity index (χ3v) is 4.91. The summed E-state index contributed by atoms with van der Waals surface area (Å²) in [4.78, 5) is 8.91. The number of imidazole rings is 1. The van der Waals surface area contributed by atoms with Crippen molar-refractivity contribution < 1.29 is 9.47 Å². The number of hydrogen-bond donors (Lipinski definition) is 1. The molecule has 9 heteroatoms. The van der Waals surface area contributed by atoms with Crippen molar-refractivity contribution in [1.29, 1.82) is 0 Å². The van der Waals surface area contributed by atoms with Gasteiger partial charge in [-0.1, -0.05) is 17.7 Å². The van der Waals surface area contributed by atoms with Gasteiger partial charge in [0, 0.05) is 18.8 Å². The van der Waals surface area contributed by atoms with Crippen molar-refractivity contribution in [2.75, 3.05) is 19.5 Å². The van der Waals surface area contributed by atoms with Gasteiger partial charge in [-0.05, 0) is 37.3 Å². The van der Waals surface area contributed by atoms with Gasteiger partial charge in [-0.2, -0.15) is 4.98 Å². The Morgan fingerprint density at radius 1 is 1.10 bits per heavy atom. The van der Waals surface area contributed by atoms with Crippen molar-refractivity contribution in [1.82, 2.24) is 24.3 Å². The van der Waals surface area contributed by atoms with Crippen LogP contribution in [-0.4, -0.2) is 38.5 Å². The zero-order chi connectivity index (χ0) is 21.3. The Bertz CT molecular complexity index is 1200. The number of anilines is 2. The molecule has 0 aliphatic heterocycles. The maximum Gasteiger partial charge on any atom is 0.226 e. The van der Waals surface area contributed by atoms with E-state index in [0.29, 0.717) is 34.0 Å². The number of nitrogens with zero attached hydrogens (tertiary/aromatic N) is 5. The molecule has 0 aliphatic rings. The maximum absolute atomic E-state index is 6.21. The minimum absolute atomic E-state index is 0.514. The Kier molecular flexibility index (Phi) is 5.33. The van der Waals surface area contributed by atoms with Gasteiger partial charge in [0.15, 0.2) is 11.6 Å². The molecule has 2 heterocycles. The molecule has 0 bridgehead atoms. The molecule has 2 aromatic carbocycles. The number of halogens is 1. The molecule has 0 spiro atoms. The van der Waals surface area contributed by atoms with Gasteiger partial charge in [-0.3, -0.25) is 0 Å². The van der Waals surface area contributed by atoms with Gasteiger partial charge in [0.1, 0.15) is 5.75 Å². The topological polar surface area (TPSA) is 79.0 Å². The predicted molar refractivity (Wildman–Crippen MR) is 116 cm³/mol. The van der Waals surface area contributed by atoms with Gasteiger partial charge in [0.2, 0.25) is 5.95 Å². The molecule has 0 aliphatic carbocycles. The van der Waals surface area contributed by atoms with Crippen molar-refractivity contribution in [2.24, 2.45) is 7.05 Å². The van der Waals surface area contributed by atoms with Crippen LogP contribution in [0.1, 0.15) is 5.69 Å². The molecule has 0 unspecified atom stereocenters. The smallest absolute Gasteiger partial charge is 0.226 e. The van der Waals surface area contributed by atoms with Crippen LogP contribution in [0.25, 0.3) is 17.1 Å². The maximum atomic E-state index is 6.21. The lowest BCUT2D eigenvalue weighted by Crippen LogP contribution is -2.01. The molecule has 8 nitrogen and oxygen atoms in total. The van der Waals surface area contributed by atoms with Crippen molar-refractivity contribution in [2.45, 2.75) is 6.92 Å². The van der Waals surface area contributed by atoms with Gasteiger partial charge in [0.25, 0.3) is 0 Å². The summed E-state index contributed by atoms with van der Waals surface area (Å²) in [6.45, 7) is 1.94. The van der Waals surface area contributed by atoms with E-state index in [9.17, 15) is 0 Å². The largest absolute Gasteiger partial charge is 0.495 e. The normalized spacial score (nSPS) is 10.8. The third-order valence-electron chi connectivity index (χ3n) is 4.61. The van der Waals surface area contributed by atoms with Crippen LogP contribution in [0.5, 0.6) is 11.5 Å². The Morgan fingerprint density at radius 2 is 1.93 bits per heavy atom. The van der Waals surface area contributed by atoms with E-state index in [0.717, 1.165) is 16.9 Å². The highest BCUT2D eigenvalue weighted by Crippen LogP contribution is 2.35. The molecule has 4 rings (SSSR count). The lowest BCUT2D eigenvalue weighted by molar-refractivity contribution is 0.413. The minimum atomic E-state index is 0.514. The van der Waals surface area contributed by atoms with Crippen molar-refractivity contribution in [3.05, 3.63) is 59.6 Å². The van der Waals surface area contributed by atoms with Gasteiger partial charge < -0.3 is 19.4 Å². The third kappa shape index (κ3) is 3.69. The van der Waals surface area contributed by atoms with E-state index in [4.69, 9.17) is 21.1 Å². The second-order valence-corrected chi connectivity index (χ2v) is 7.04. The Morgan fingerprint density at radius 3 is 2.63 bits per heavy atom. The second-order valence-electron chi connectivity index (χ2n) is 6.64. The number of aromatic nitrogens is 5. The van der Waals surface area contributed by atoms with E-state index in [-0.39, 0.29) is 0 Å². The molecule has 0 radical (unpaired) electrons. The fraction of sp³-hybridized carbons (Fsp3) is 0.190. The highest BCUT2D eigenvalue weighted by Gasteiger charge is 2.15. The monoisotopic (exact) mass is 424 g/mol. The standard InChI is InChI=1S/C21H21ClN6O2/c1-13-11-28(12-23-13)17-9-8-14(10-18(17)29-3)20-25-21(27(2)26-20)24-16-7-5-6-15(22)19(16)30-4/h5-12H,1-4H3,(H,24,25,26). The van der Waals surface area contributed by atoms with Gasteiger partial charge in [0.05, 0.1) is 42.6 Å². The molecule has 0 amide bonds. The SMILES string of the molecule is COc1cc(-c2nc(Nc3cccc(Cl)c3OC)n(C)n2)ccc1-n1cnc(C)c1. The van der Waals surface area contributed by atoms with Crippen LogP contribution in [0.15, 0.2) is 48.9 Å². The molecular weight excluding hydrogens is 404 g/mol. The summed E-state index contributed by atoms with van der Waals surface area (Å²) in [6, 6.07) is 11.3. The van der Waals surface area contributed by atoms with Crippen LogP contribution >= 0.6 is 11.6 Å². The molecule has 1 N–H and O–H groups in total. The molecule has 0 fully saturated rings. The van der Waals surface area contributed by atoms with E-state index < -0.39 is 0 Å². The van der Waals surface area contributed by atoms with E-state index >= 15 is 0 Å². The summed E-state index contributed by atoms with van der Waals surface area (Å²) in [6.07, 6.45) is 3.70. The zero-order valence-corrected chi connectivity index (χ0v) is 17.8. The first kappa shape index (κ1) is 19.8. The van der Waals surface area contributed by atoms with Crippen molar-refractivity contribution >= 4 is 23.2 Å². The molecular formula is C21H21ClN6O2.